The molecule has 140 valence electrons. The van der Waals surface area contributed by atoms with E-state index >= 15 is 0 Å². The summed E-state index contributed by atoms with van der Waals surface area (Å²) in [7, 11) is 0. The summed E-state index contributed by atoms with van der Waals surface area (Å²) in [6.45, 7) is 2.52. The zero-order chi connectivity index (χ0) is 19.5. The molecule has 0 bridgehead atoms. The lowest BCUT2D eigenvalue weighted by Gasteiger charge is -2.32. The molecule has 2 aromatic carbocycles. The first-order chi connectivity index (χ1) is 13.5. The largest absolute Gasteiger partial charge is 0.325 e. The predicted molar refractivity (Wildman–Crippen MR) is 107 cm³/mol. The monoisotopic (exact) mass is 392 g/mol. The van der Waals surface area contributed by atoms with Crippen molar-refractivity contribution in [2.24, 2.45) is 0 Å². The van der Waals surface area contributed by atoms with Crippen molar-refractivity contribution in [3.05, 3.63) is 75.9 Å². The van der Waals surface area contributed by atoms with Gasteiger partial charge >= 0.3 is 0 Å². The number of hydrogen-bond acceptors (Lipinski definition) is 3. The van der Waals surface area contributed by atoms with Crippen molar-refractivity contribution >= 4 is 34.9 Å². The molecular weight excluding hydrogens is 376 g/mol. The zero-order valence-electron chi connectivity index (χ0n) is 15.1. The first-order valence-corrected chi connectivity index (χ1v) is 9.39. The Labute approximate surface area is 166 Å². The van der Waals surface area contributed by atoms with Gasteiger partial charge in [-0.15, -0.1) is 0 Å². The summed E-state index contributed by atoms with van der Waals surface area (Å²) in [6, 6.07) is 13.4. The average molecular weight is 393 g/mol. The maximum Gasteiger partial charge on any atom is 0.240 e. The Bertz CT molecular complexity index is 1140. The standard InChI is InChI=1S/C21H17ClN4O2/c1-12-5-7-13(8-6-12)11-26-19-14(10-23-26)21(9-17(27)25-19)18-15(22)3-2-4-16(18)24-20(21)28/h2-8,10H,9,11H2,1H3,(H,24,28)(H,25,27)/t21-/m1/s1. The lowest BCUT2D eigenvalue weighted by molar-refractivity contribution is -0.125. The number of hydrogen-bond donors (Lipinski definition) is 2. The fourth-order valence-electron chi connectivity index (χ4n) is 4.16. The summed E-state index contributed by atoms with van der Waals surface area (Å²) in [4.78, 5) is 25.7. The van der Waals surface area contributed by atoms with Crippen molar-refractivity contribution in [2.75, 3.05) is 10.6 Å². The molecule has 0 fully saturated rings. The third-order valence-electron chi connectivity index (χ3n) is 5.51. The number of carbonyl (C=O) groups excluding carboxylic acids is 2. The van der Waals surface area contributed by atoms with Crippen LogP contribution in [0.1, 0.15) is 28.7 Å². The Hall–Kier alpha value is -3.12. The van der Waals surface area contributed by atoms with Gasteiger partial charge in [0, 0.05) is 28.3 Å². The van der Waals surface area contributed by atoms with E-state index in [0.717, 1.165) is 5.56 Å². The Morgan fingerprint density at radius 3 is 2.71 bits per heavy atom. The second kappa shape index (κ2) is 5.94. The van der Waals surface area contributed by atoms with Gasteiger partial charge in [0.15, 0.2) is 0 Å². The Kier molecular flexibility index (Phi) is 3.61. The smallest absolute Gasteiger partial charge is 0.240 e. The molecule has 3 aromatic rings. The number of benzene rings is 2. The van der Waals surface area contributed by atoms with Crippen molar-refractivity contribution < 1.29 is 9.59 Å². The van der Waals surface area contributed by atoms with Crippen molar-refractivity contribution in [3.8, 4) is 0 Å². The molecule has 3 heterocycles. The number of aryl methyl sites for hydroxylation is 1. The van der Waals surface area contributed by atoms with E-state index in [9.17, 15) is 9.59 Å². The van der Waals surface area contributed by atoms with Gasteiger partial charge in [0.2, 0.25) is 11.8 Å². The number of anilines is 2. The third-order valence-corrected chi connectivity index (χ3v) is 5.83. The SMILES string of the molecule is Cc1ccc(Cn2ncc3c2NC(=O)C[C@@]32C(=O)Nc3cccc(Cl)c32)cc1. The molecule has 2 amide bonds. The maximum absolute atomic E-state index is 13.1. The van der Waals surface area contributed by atoms with E-state index in [0.29, 0.717) is 34.2 Å². The summed E-state index contributed by atoms with van der Waals surface area (Å²) in [5, 5.41) is 10.7. The Balaban J connectivity index is 1.66. The van der Waals surface area contributed by atoms with E-state index in [4.69, 9.17) is 11.6 Å². The summed E-state index contributed by atoms with van der Waals surface area (Å²) in [5.74, 6) is 0.0578. The lowest BCUT2D eigenvalue weighted by Crippen LogP contribution is -2.43. The second-order valence-corrected chi connectivity index (χ2v) is 7.70. The van der Waals surface area contributed by atoms with Crippen molar-refractivity contribution in [1.82, 2.24) is 9.78 Å². The zero-order valence-corrected chi connectivity index (χ0v) is 15.9. The molecule has 1 atom stereocenters. The number of nitrogens with zero attached hydrogens (tertiary/aromatic N) is 2. The van der Waals surface area contributed by atoms with Crippen LogP contribution in [-0.4, -0.2) is 21.6 Å². The van der Waals surface area contributed by atoms with E-state index in [1.54, 1.807) is 29.1 Å². The van der Waals surface area contributed by atoms with Gasteiger partial charge in [0.05, 0.1) is 12.7 Å². The van der Waals surface area contributed by atoms with Crippen molar-refractivity contribution in [2.45, 2.75) is 25.3 Å². The number of halogens is 1. The molecule has 0 saturated carbocycles. The molecule has 0 radical (unpaired) electrons. The highest BCUT2D eigenvalue weighted by Crippen LogP contribution is 2.52. The fraction of sp³-hybridized carbons (Fsp3) is 0.190. The quantitative estimate of drug-likeness (QED) is 0.701. The van der Waals surface area contributed by atoms with E-state index in [1.165, 1.54) is 5.56 Å². The molecule has 28 heavy (non-hydrogen) atoms. The number of nitrogens with one attached hydrogen (secondary N) is 2. The van der Waals surface area contributed by atoms with Crippen LogP contribution in [0.5, 0.6) is 0 Å². The molecule has 5 rings (SSSR count). The molecule has 1 spiro atoms. The molecule has 1 aromatic heterocycles. The van der Waals surface area contributed by atoms with Crippen LogP contribution in [0.25, 0.3) is 0 Å². The summed E-state index contributed by atoms with van der Waals surface area (Å²) < 4.78 is 1.72. The van der Waals surface area contributed by atoms with Crippen LogP contribution in [0.2, 0.25) is 5.02 Å². The molecule has 0 aliphatic carbocycles. The van der Waals surface area contributed by atoms with Gasteiger partial charge in [-0.25, -0.2) is 4.68 Å². The average Bonchev–Trinajstić information content (AvgIpc) is 3.18. The minimum Gasteiger partial charge on any atom is -0.325 e. The van der Waals surface area contributed by atoms with Gasteiger partial charge in [-0.3, -0.25) is 9.59 Å². The minimum absolute atomic E-state index is 0.00120. The molecular formula is C21H17ClN4O2. The van der Waals surface area contributed by atoms with Crippen molar-refractivity contribution in [1.29, 1.82) is 0 Å². The first-order valence-electron chi connectivity index (χ1n) is 9.01. The van der Waals surface area contributed by atoms with Crippen LogP contribution in [0.15, 0.2) is 48.7 Å². The van der Waals surface area contributed by atoms with Gasteiger partial charge in [0.1, 0.15) is 11.2 Å². The maximum atomic E-state index is 13.1. The lowest BCUT2D eigenvalue weighted by atomic mass is 9.72. The summed E-state index contributed by atoms with van der Waals surface area (Å²) in [5.41, 5.74) is 3.03. The normalized spacial score (nSPS) is 19.9. The topological polar surface area (TPSA) is 76.0 Å². The van der Waals surface area contributed by atoms with E-state index in [1.807, 2.05) is 31.2 Å². The van der Waals surface area contributed by atoms with Crippen molar-refractivity contribution in [3.63, 3.8) is 0 Å². The molecule has 6 nitrogen and oxygen atoms in total. The Morgan fingerprint density at radius 1 is 1.14 bits per heavy atom. The highest BCUT2D eigenvalue weighted by Gasteiger charge is 2.55. The number of amides is 2. The Morgan fingerprint density at radius 2 is 1.93 bits per heavy atom. The third kappa shape index (κ3) is 2.31. The van der Waals surface area contributed by atoms with Gasteiger partial charge in [0.25, 0.3) is 0 Å². The van der Waals surface area contributed by atoms with Gasteiger partial charge < -0.3 is 10.6 Å². The molecule has 2 aliphatic heterocycles. The van der Waals surface area contributed by atoms with Crippen LogP contribution in [0.4, 0.5) is 11.5 Å². The molecule has 2 aliphatic rings. The van der Waals surface area contributed by atoms with E-state index in [2.05, 4.69) is 15.7 Å². The van der Waals surface area contributed by atoms with Gasteiger partial charge in [-0.2, -0.15) is 5.10 Å². The summed E-state index contributed by atoms with van der Waals surface area (Å²) >= 11 is 6.47. The molecule has 0 saturated heterocycles. The van der Waals surface area contributed by atoms with Crippen LogP contribution in [-0.2, 0) is 21.5 Å². The molecule has 0 unspecified atom stereocenters. The minimum atomic E-state index is -1.16. The highest BCUT2D eigenvalue weighted by molar-refractivity contribution is 6.33. The van der Waals surface area contributed by atoms with E-state index in [-0.39, 0.29) is 18.2 Å². The number of rotatable bonds is 2. The van der Waals surface area contributed by atoms with Crippen LogP contribution >= 0.6 is 11.6 Å². The number of aromatic nitrogens is 2. The molecule has 2 N–H and O–H groups in total. The highest BCUT2D eigenvalue weighted by atomic mass is 35.5. The number of fused-ring (bicyclic) bond motifs is 4. The van der Waals surface area contributed by atoms with Crippen LogP contribution in [0, 0.1) is 6.92 Å². The number of carbonyl (C=O) groups is 2. The molecule has 7 heteroatoms. The fourth-order valence-corrected chi connectivity index (χ4v) is 4.49. The first kappa shape index (κ1) is 17.0. The van der Waals surface area contributed by atoms with Gasteiger partial charge in [-0.05, 0) is 24.6 Å². The van der Waals surface area contributed by atoms with E-state index < -0.39 is 5.41 Å². The van der Waals surface area contributed by atoms with Crippen LogP contribution < -0.4 is 10.6 Å². The second-order valence-electron chi connectivity index (χ2n) is 7.30. The van der Waals surface area contributed by atoms with Crippen LogP contribution in [0.3, 0.4) is 0 Å². The van der Waals surface area contributed by atoms with Gasteiger partial charge in [-0.1, -0.05) is 47.5 Å². The summed E-state index contributed by atoms with van der Waals surface area (Å²) in [6.07, 6.45) is 1.67. The predicted octanol–water partition coefficient (Wildman–Crippen LogP) is 3.47.